The van der Waals surface area contributed by atoms with E-state index in [1.807, 2.05) is 42.5 Å². The van der Waals surface area contributed by atoms with Crippen LogP contribution in [0.2, 0.25) is 0 Å². The molecule has 0 heterocycles. The predicted molar refractivity (Wildman–Crippen MR) is 82.6 cm³/mol. The first-order valence-corrected chi connectivity index (χ1v) is 7.16. The van der Waals surface area contributed by atoms with Crippen LogP contribution < -0.4 is 0 Å². The van der Waals surface area contributed by atoms with Crippen LogP contribution in [-0.2, 0) is 17.9 Å². The Morgan fingerprint density at radius 3 is 2.30 bits per heavy atom. The summed E-state index contributed by atoms with van der Waals surface area (Å²) < 4.78 is 0. The molecular weight excluding hydrogens is 270 g/mol. The van der Waals surface area contributed by atoms with Gasteiger partial charge >= 0.3 is 0 Å². The average Bonchev–Trinajstić information content (AvgIpc) is 2.49. The number of carbonyl (C=O) groups excluding carboxylic acids is 1. The molecule has 2 aromatic rings. The SMILES string of the molecule is Cc1ccccc1CN(Cc1ccccc1)C(=O)CCl. The summed E-state index contributed by atoms with van der Waals surface area (Å²) in [6, 6.07) is 18.1. The second-order valence-corrected chi connectivity index (χ2v) is 5.06. The van der Waals surface area contributed by atoms with E-state index in [0.717, 1.165) is 11.1 Å². The van der Waals surface area contributed by atoms with Gasteiger partial charge in [-0.3, -0.25) is 4.79 Å². The molecule has 3 heteroatoms. The van der Waals surface area contributed by atoms with Crippen molar-refractivity contribution < 1.29 is 4.79 Å². The molecular formula is C17H18ClNO. The minimum atomic E-state index is -0.0428. The molecule has 2 nitrogen and oxygen atoms in total. The standard InChI is InChI=1S/C17H18ClNO/c1-14-7-5-6-10-16(14)13-19(17(20)11-18)12-15-8-3-2-4-9-15/h2-10H,11-13H2,1H3. The Morgan fingerprint density at radius 1 is 1.00 bits per heavy atom. The van der Waals surface area contributed by atoms with Crippen LogP contribution in [0, 0.1) is 6.92 Å². The van der Waals surface area contributed by atoms with Gasteiger partial charge in [0.1, 0.15) is 5.88 Å². The van der Waals surface area contributed by atoms with Gasteiger partial charge in [-0.15, -0.1) is 11.6 Å². The molecule has 1 amide bonds. The highest BCUT2D eigenvalue weighted by Crippen LogP contribution is 2.14. The van der Waals surface area contributed by atoms with Crippen LogP contribution in [0.1, 0.15) is 16.7 Å². The third-order valence-electron chi connectivity index (χ3n) is 3.31. The van der Waals surface area contributed by atoms with Gasteiger partial charge in [0.15, 0.2) is 0 Å². The number of carbonyl (C=O) groups is 1. The lowest BCUT2D eigenvalue weighted by Crippen LogP contribution is -2.31. The second-order valence-electron chi connectivity index (χ2n) is 4.80. The Kier molecular flexibility index (Phi) is 5.19. The molecule has 2 aromatic carbocycles. The normalized spacial score (nSPS) is 10.3. The first kappa shape index (κ1) is 14.6. The molecule has 0 aliphatic rings. The molecule has 2 rings (SSSR count). The van der Waals surface area contributed by atoms with Gasteiger partial charge in [0.25, 0.3) is 0 Å². The molecule has 0 radical (unpaired) electrons. The average molecular weight is 288 g/mol. The van der Waals surface area contributed by atoms with Crippen LogP contribution in [-0.4, -0.2) is 16.7 Å². The van der Waals surface area contributed by atoms with Gasteiger partial charge in [0, 0.05) is 13.1 Å². The quantitative estimate of drug-likeness (QED) is 0.767. The van der Waals surface area contributed by atoms with Crippen molar-refractivity contribution >= 4 is 17.5 Å². The van der Waals surface area contributed by atoms with E-state index in [1.54, 1.807) is 4.90 Å². The monoisotopic (exact) mass is 287 g/mol. The number of hydrogen-bond acceptors (Lipinski definition) is 1. The van der Waals surface area contributed by atoms with E-state index in [-0.39, 0.29) is 11.8 Å². The molecule has 20 heavy (non-hydrogen) atoms. The van der Waals surface area contributed by atoms with Crippen molar-refractivity contribution in [2.45, 2.75) is 20.0 Å². The van der Waals surface area contributed by atoms with E-state index in [1.165, 1.54) is 5.56 Å². The van der Waals surface area contributed by atoms with E-state index in [4.69, 9.17) is 11.6 Å². The summed E-state index contributed by atoms with van der Waals surface area (Å²) in [5.41, 5.74) is 3.45. The van der Waals surface area contributed by atoms with Crippen LogP contribution in [0.25, 0.3) is 0 Å². The lowest BCUT2D eigenvalue weighted by atomic mass is 10.1. The molecule has 0 fully saturated rings. The van der Waals surface area contributed by atoms with E-state index in [0.29, 0.717) is 13.1 Å². The summed E-state index contributed by atoms with van der Waals surface area (Å²) >= 11 is 5.73. The number of rotatable bonds is 5. The van der Waals surface area contributed by atoms with E-state index < -0.39 is 0 Å². The summed E-state index contributed by atoms with van der Waals surface area (Å²) in [5, 5.41) is 0. The van der Waals surface area contributed by atoms with Gasteiger partial charge in [-0.2, -0.15) is 0 Å². The van der Waals surface area contributed by atoms with Crippen molar-refractivity contribution in [1.82, 2.24) is 4.90 Å². The van der Waals surface area contributed by atoms with Crippen LogP contribution in [0.3, 0.4) is 0 Å². The van der Waals surface area contributed by atoms with Gasteiger partial charge < -0.3 is 4.90 Å². The molecule has 0 aliphatic heterocycles. The second kappa shape index (κ2) is 7.11. The largest absolute Gasteiger partial charge is 0.333 e. The van der Waals surface area contributed by atoms with Crippen molar-refractivity contribution in [3.63, 3.8) is 0 Å². The Hall–Kier alpha value is -1.80. The number of nitrogens with zero attached hydrogens (tertiary/aromatic N) is 1. The van der Waals surface area contributed by atoms with Gasteiger partial charge in [-0.05, 0) is 23.6 Å². The summed E-state index contributed by atoms with van der Waals surface area (Å²) in [4.78, 5) is 13.8. The highest BCUT2D eigenvalue weighted by atomic mass is 35.5. The summed E-state index contributed by atoms with van der Waals surface area (Å²) in [6.45, 7) is 3.23. The van der Waals surface area contributed by atoms with Gasteiger partial charge in [-0.1, -0.05) is 54.6 Å². The zero-order valence-electron chi connectivity index (χ0n) is 11.6. The summed E-state index contributed by atoms with van der Waals surface area (Å²) in [7, 11) is 0. The first-order valence-electron chi connectivity index (χ1n) is 6.63. The molecule has 0 bridgehead atoms. The third-order valence-corrected chi connectivity index (χ3v) is 3.53. The number of hydrogen-bond donors (Lipinski definition) is 0. The highest BCUT2D eigenvalue weighted by Gasteiger charge is 2.14. The smallest absolute Gasteiger partial charge is 0.238 e. The van der Waals surface area contributed by atoms with Gasteiger partial charge in [0.05, 0.1) is 0 Å². The van der Waals surface area contributed by atoms with Crippen LogP contribution in [0.4, 0.5) is 0 Å². The number of halogens is 1. The fourth-order valence-electron chi connectivity index (χ4n) is 2.11. The van der Waals surface area contributed by atoms with Crippen molar-refractivity contribution in [3.8, 4) is 0 Å². The minimum Gasteiger partial charge on any atom is -0.333 e. The maximum absolute atomic E-state index is 12.0. The van der Waals surface area contributed by atoms with Crippen molar-refractivity contribution in [2.75, 3.05) is 5.88 Å². The molecule has 0 saturated heterocycles. The molecule has 0 aliphatic carbocycles. The molecule has 0 spiro atoms. The number of alkyl halides is 1. The molecule has 0 N–H and O–H groups in total. The minimum absolute atomic E-state index is 0.0126. The maximum atomic E-state index is 12.0. The highest BCUT2D eigenvalue weighted by molar-refractivity contribution is 6.27. The fraction of sp³-hybridized carbons (Fsp3) is 0.235. The Bertz CT molecular complexity index is 568. The van der Waals surface area contributed by atoms with Gasteiger partial charge in [0.2, 0.25) is 5.91 Å². The topological polar surface area (TPSA) is 20.3 Å². The lowest BCUT2D eigenvalue weighted by Gasteiger charge is -2.23. The molecule has 0 unspecified atom stereocenters. The molecule has 0 aromatic heterocycles. The van der Waals surface area contributed by atoms with Crippen molar-refractivity contribution in [1.29, 1.82) is 0 Å². The van der Waals surface area contributed by atoms with E-state index >= 15 is 0 Å². The Labute approximate surface area is 125 Å². The first-order chi connectivity index (χ1) is 9.70. The summed E-state index contributed by atoms with van der Waals surface area (Å²) in [5.74, 6) is -0.0302. The van der Waals surface area contributed by atoms with Crippen LogP contribution >= 0.6 is 11.6 Å². The predicted octanol–water partition coefficient (Wildman–Crippen LogP) is 3.76. The fourth-order valence-corrected chi connectivity index (χ4v) is 2.28. The zero-order chi connectivity index (χ0) is 14.4. The van der Waals surface area contributed by atoms with E-state index in [2.05, 4.69) is 19.1 Å². The van der Waals surface area contributed by atoms with E-state index in [9.17, 15) is 4.79 Å². The number of benzene rings is 2. The maximum Gasteiger partial charge on any atom is 0.238 e. The number of aryl methyl sites for hydroxylation is 1. The zero-order valence-corrected chi connectivity index (χ0v) is 12.3. The lowest BCUT2D eigenvalue weighted by molar-refractivity contribution is -0.129. The third kappa shape index (κ3) is 3.84. The summed E-state index contributed by atoms with van der Waals surface area (Å²) in [6.07, 6.45) is 0. The Balaban J connectivity index is 2.16. The Morgan fingerprint density at radius 2 is 1.65 bits per heavy atom. The van der Waals surface area contributed by atoms with Crippen LogP contribution in [0.15, 0.2) is 54.6 Å². The van der Waals surface area contributed by atoms with Crippen LogP contribution in [0.5, 0.6) is 0 Å². The van der Waals surface area contributed by atoms with Gasteiger partial charge in [-0.25, -0.2) is 0 Å². The molecule has 104 valence electrons. The van der Waals surface area contributed by atoms with Crippen molar-refractivity contribution in [3.05, 3.63) is 71.3 Å². The molecule has 0 saturated carbocycles. The van der Waals surface area contributed by atoms with Crippen molar-refractivity contribution in [2.24, 2.45) is 0 Å². The molecule has 0 atom stereocenters. The number of amides is 1.